The molecule has 0 spiro atoms. The van der Waals surface area contributed by atoms with Crippen LogP contribution in [0.3, 0.4) is 0 Å². The van der Waals surface area contributed by atoms with E-state index in [1.165, 1.54) is 9.75 Å². The zero-order chi connectivity index (χ0) is 11.8. The first kappa shape index (κ1) is 12.8. The zero-order valence-electron chi connectivity index (χ0n) is 9.72. The summed E-state index contributed by atoms with van der Waals surface area (Å²) >= 11 is 3.57. The maximum Gasteiger partial charge on any atom is 0.0809 e. The molecule has 0 aromatic carbocycles. The zero-order valence-corrected chi connectivity index (χ0v) is 11.4. The smallest absolute Gasteiger partial charge is 0.0809 e. The quantitative estimate of drug-likeness (QED) is 0.742. The summed E-state index contributed by atoms with van der Waals surface area (Å²) in [5, 5.41) is 7.59. The normalized spacial score (nSPS) is 10.8. The summed E-state index contributed by atoms with van der Waals surface area (Å²) < 4.78 is 5.57. The Hall–Kier alpha value is -0.680. The van der Waals surface area contributed by atoms with Crippen LogP contribution in [0.4, 0.5) is 0 Å². The molecule has 2 heterocycles. The molecule has 1 N–H and O–H groups in total. The molecular formula is C13H17NOS2. The Morgan fingerprint density at radius 1 is 1.00 bits per heavy atom. The summed E-state index contributed by atoms with van der Waals surface area (Å²) in [6.45, 7) is 3.48. The lowest BCUT2D eigenvalue weighted by atomic mass is 10.3. The number of nitrogens with one attached hydrogen (secondary N) is 1. The van der Waals surface area contributed by atoms with Gasteiger partial charge in [0, 0.05) is 22.8 Å². The van der Waals surface area contributed by atoms with Gasteiger partial charge >= 0.3 is 0 Å². The van der Waals surface area contributed by atoms with Gasteiger partial charge in [0.1, 0.15) is 0 Å². The predicted octanol–water partition coefficient (Wildman–Crippen LogP) is 3.16. The van der Waals surface area contributed by atoms with Crippen LogP contribution in [0.25, 0.3) is 0 Å². The molecule has 0 atom stereocenters. The lowest BCUT2D eigenvalue weighted by molar-refractivity contribution is 0.125. The van der Waals surface area contributed by atoms with Gasteiger partial charge in [0.05, 0.1) is 13.2 Å². The maximum atomic E-state index is 5.57. The average molecular weight is 267 g/mol. The molecule has 0 aliphatic carbocycles. The molecule has 2 nitrogen and oxygen atoms in total. The first-order chi connectivity index (χ1) is 8.45. The molecule has 0 saturated carbocycles. The molecule has 0 saturated heterocycles. The molecule has 2 rings (SSSR count). The van der Waals surface area contributed by atoms with E-state index in [0.29, 0.717) is 0 Å². The van der Waals surface area contributed by atoms with Gasteiger partial charge in [-0.05, 0) is 29.3 Å². The van der Waals surface area contributed by atoms with Gasteiger partial charge in [-0.3, -0.25) is 0 Å². The van der Waals surface area contributed by atoms with E-state index in [0.717, 1.165) is 32.7 Å². The van der Waals surface area contributed by atoms with Crippen LogP contribution in [0, 0.1) is 0 Å². The Morgan fingerprint density at radius 2 is 1.76 bits per heavy atom. The highest BCUT2D eigenvalue weighted by molar-refractivity contribution is 7.10. The fourth-order valence-electron chi connectivity index (χ4n) is 1.50. The Labute approximate surface area is 110 Å². The van der Waals surface area contributed by atoms with Crippen LogP contribution >= 0.6 is 22.7 Å². The van der Waals surface area contributed by atoms with Crippen molar-refractivity contribution in [3.63, 3.8) is 0 Å². The molecule has 0 radical (unpaired) electrons. The second-order valence-corrected chi connectivity index (χ2v) is 5.78. The first-order valence-corrected chi connectivity index (χ1v) is 7.54. The lowest BCUT2D eigenvalue weighted by Gasteiger charge is -2.04. The fourth-order valence-corrected chi connectivity index (χ4v) is 2.85. The van der Waals surface area contributed by atoms with Gasteiger partial charge in [-0.2, -0.15) is 0 Å². The highest BCUT2D eigenvalue weighted by atomic mass is 32.1. The van der Waals surface area contributed by atoms with Crippen LogP contribution in [0.5, 0.6) is 0 Å². The van der Waals surface area contributed by atoms with Crippen LogP contribution in [-0.4, -0.2) is 19.7 Å². The summed E-state index contributed by atoms with van der Waals surface area (Å²) in [5.41, 5.74) is 0. The molecule has 2 aromatic rings. The second-order valence-electron chi connectivity index (χ2n) is 3.71. The van der Waals surface area contributed by atoms with Gasteiger partial charge < -0.3 is 10.1 Å². The van der Waals surface area contributed by atoms with Crippen molar-refractivity contribution in [2.75, 3.05) is 19.7 Å². The van der Waals surface area contributed by atoms with E-state index in [4.69, 9.17) is 4.74 Å². The van der Waals surface area contributed by atoms with Crippen LogP contribution in [0.15, 0.2) is 35.0 Å². The minimum atomic E-state index is 0.740. The largest absolute Gasteiger partial charge is 0.375 e. The van der Waals surface area contributed by atoms with E-state index in [1.54, 1.807) is 11.3 Å². The SMILES string of the molecule is c1csc(CCNCCOCc2cccs2)c1. The maximum absolute atomic E-state index is 5.57. The summed E-state index contributed by atoms with van der Waals surface area (Å²) in [6.07, 6.45) is 1.11. The van der Waals surface area contributed by atoms with Crippen molar-refractivity contribution in [2.45, 2.75) is 13.0 Å². The Kier molecular flexibility index (Phi) is 5.71. The molecule has 0 aliphatic heterocycles. The lowest BCUT2D eigenvalue weighted by Crippen LogP contribution is -2.21. The molecule has 92 valence electrons. The van der Waals surface area contributed by atoms with Gasteiger partial charge in [-0.25, -0.2) is 0 Å². The predicted molar refractivity (Wildman–Crippen MR) is 74.9 cm³/mol. The average Bonchev–Trinajstić information content (AvgIpc) is 3.00. The van der Waals surface area contributed by atoms with E-state index in [9.17, 15) is 0 Å². The van der Waals surface area contributed by atoms with Gasteiger partial charge in [-0.1, -0.05) is 12.1 Å². The van der Waals surface area contributed by atoms with E-state index >= 15 is 0 Å². The number of hydrogen-bond acceptors (Lipinski definition) is 4. The van der Waals surface area contributed by atoms with Crippen molar-refractivity contribution >= 4 is 22.7 Å². The summed E-state index contributed by atoms with van der Waals surface area (Å²) in [4.78, 5) is 2.74. The van der Waals surface area contributed by atoms with E-state index in [2.05, 4.69) is 40.3 Å². The monoisotopic (exact) mass is 267 g/mol. The highest BCUT2D eigenvalue weighted by Gasteiger charge is 1.95. The van der Waals surface area contributed by atoms with E-state index < -0.39 is 0 Å². The summed E-state index contributed by atoms with van der Waals surface area (Å²) in [7, 11) is 0. The standard InChI is InChI=1S/C13H17NOS2/c1-3-12(16-9-1)5-6-14-7-8-15-11-13-4-2-10-17-13/h1-4,9-10,14H,5-8,11H2. The Bertz CT molecular complexity index is 345. The van der Waals surface area contributed by atoms with Crippen molar-refractivity contribution < 1.29 is 4.74 Å². The number of ether oxygens (including phenoxy) is 1. The third-order valence-corrected chi connectivity index (χ3v) is 4.16. The minimum Gasteiger partial charge on any atom is -0.375 e. The fraction of sp³-hybridized carbons (Fsp3) is 0.385. The van der Waals surface area contributed by atoms with E-state index in [1.807, 2.05) is 11.3 Å². The first-order valence-electron chi connectivity index (χ1n) is 5.78. The van der Waals surface area contributed by atoms with Crippen LogP contribution in [0.2, 0.25) is 0 Å². The van der Waals surface area contributed by atoms with Gasteiger partial charge in [0.25, 0.3) is 0 Å². The third-order valence-electron chi connectivity index (χ3n) is 2.38. The van der Waals surface area contributed by atoms with Gasteiger partial charge in [0.15, 0.2) is 0 Å². The van der Waals surface area contributed by atoms with Crippen LogP contribution < -0.4 is 5.32 Å². The van der Waals surface area contributed by atoms with Crippen molar-refractivity contribution in [3.05, 3.63) is 44.8 Å². The molecular weight excluding hydrogens is 250 g/mol. The molecule has 0 unspecified atom stereocenters. The number of thiophene rings is 2. The van der Waals surface area contributed by atoms with Crippen molar-refractivity contribution in [2.24, 2.45) is 0 Å². The summed E-state index contributed by atoms with van der Waals surface area (Å²) in [5.74, 6) is 0. The Morgan fingerprint density at radius 3 is 2.47 bits per heavy atom. The van der Waals surface area contributed by atoms with E-state index in [-0.39, 0.29) is 0 Å². The number of hydrogen-bond donors (Lipinski definition) is 1. The van der Waals surface area contributed by atoms with Crippen molar-refractivity contribution in [1.82, 2.24) is 5.32 Å². The molecule has 2 aromatic heterocycles. The van der Waals surface area contributed by atoms with Crippen molar-refractivity contribution in [1.29, 1.82) is 0 Å². The van der Waals surface area contributed by atoms with Crippen molar-refractivity contribution in [3.8, 4) is 0 Å². The van der Waals surface area contributed by atoms with Gasteiger partial charge in [0.2, 0.25) is 0 Å². The molecule has 0 aliphatic rings. The highest BCUT2D eigenvalue weighted by Crippen LogP contribution is 2.09. The third kappa shape index (κ3) is 5.00. The van der Waals surface area contributed by atoms with Crippen LogP contribution in [0.1, 0.15) is 9.75 Å². The molecule has 0 amide bonds. The molecule has 0 fully saturated rings. The molecule has 17 heavy (non-hydrogen) atoms. The minimum absolute atomic E-state index is 0.740. The Balaban J connectivity index is 1.44. The molecule has 0 bridgehead atoms. The topological polar surface area (TPSA) is 21.3 Å². The number of rotatable bonds is 8. The van der Waals surface area contributed by atoms with Gasteiger partial charge in [-0.15, -0.1) is 22.7 Å². The molecule has 4 heteroatoms. The second kappa shape index (κ2) is 7.61. The summed E-state index contributed by atoms with van der Waals surface area (Å²) in [6, 6.07) is 8.45. The van der Waals surface area contributed by atoms with Crippen LogP contribution in [-0.2, 0) is 17.8 Å².